The van der Waals surface area contributed by atoms with Crippen molar-refractivity contribution >= 4 is 55.1 Å². The molecule has 3 rings (SSSR count). The average Bonchev–Trinajstić information content (AvgIpc) is 2.94. The molecule has 13 heteroatoms. The number of carbonyl (C=O) groups excluding carboxylic acids is 2. The van der Waals surface area contributed by atoms with Crippen molar-refractivity contribution in [3.8, 4) is 0 Å². The van der Waals surface area contributed by atoms with Gasteiger partial charge in [0.2, 0.25) is 21.8 Å². The molecule has 0 heterocycles. The minimum absolute atomic E-state index is 0.0707. The van der Waals surface area contributed by atoms with E-state index in [1.54, 1.807) is 48.5 Å². The molecule has 0 spiro atoms. The number of hydrogen-bond donors (Lipinski definition) is 1. The number of carbonyl (C=O) groups is 2. The Balaban J connectivity index is 2.09. The van der Waals surface area contributed by atoms with E-state index in [4.69, 9.17) is 11.6 Å². The second-order valence-corrected chi connectivity index (χ2v) is 13.2. The number of unbranched alkanes of at least 4 members (excludes halogenated alkanes) is 1. The quantitative estimate of drug-likeness (QED) is 0.208. The molecule has 0 radical (unpaired) electrons. The number of alkyl halides is 3. The van der Waals surface area contributed by atoms with Crippen LogP contribution in [0.3, 0.4) is 0 Å². The molecule has 0 saturated heterocycles. The van der Waals surface area contributed by atoms with Gasteiger partial charge >= 0.3 is 6.18 Å². The Hall–Kier alpha value is -3.09. The van der Waals surface area contributed by atoms with E-state index in [1.807, 2.05) is 13.0 Å². The minimum atomic E-state index is -4.78. The average molecular weight is 703 g/mol. The van der Waals surface area contributed by atoms with Crippen LogP contribution in [0, 0.1) is 0 Å². The molecule has 3 aromatic carbocycles. The summed E-state index contributed by atoms with van der Waals surface area (Å²) in [4.78, 5) is 28.9. The Morgan fingerprint density at radius 1 is 1.00 bits per heavy atom. The molecule has 0 fully saturated rings. The summed E-state index contributed by atoms with van der Waals surface area (Å²) in [6, 6.07) is 17.2. The van der Waals surface area contributed by atoms with Gasteiger partial charge in [0.1, 0.15) is 12.6 Å². The number of hydrogen-bond acceptors (Lipinski definition) is 4. The fourth-order valence-corrected chi connectivity index (χ4v) is 5.71. The van der Waals surface area contributed by atoms with Crippen LogP contribution in [-0.2, 0) is 38.8 Å². The zero-order chi connectivity index (χ0) is 31.8. The van der Waals surface area contributed by atoms with Crippen LogP contribution in [0.5, 0.6) is 0 Å². The van der Waals surface area contributed by atoms with E-state index in [0.717, 1.165) is 34.8 Å². The van der Waals surface area contributed by atoms with Crippen molar-refractivity contribution in [2.45, 2.75) is 44.9 Å². The minimum Gasteiger partial charge on any atom is -0.354 e. The Bertz CT molecular complexity index is 1510. The topological polar surface area (TPSA) is 86.8 Å². The zero-order valence-corrected chi connectivity index (χ0v) is 26.7. The number of nitrogens with zero attached hydrogens (tertiary/aromatic N) is 2. The lowest BCUT2D eigenvalue weighted by atomic mass is 10.0. The van der Waals surface area contributed by atoms with Gasteiger partial charge in [0.05, 0.1) is 22.5 Å². The maximum atomic E-state index is 14.1. The van der Waals surface area contributed by atoms with E-state index >= 15 is 0 Å². The van der Waals surface area contributed by atoms with Crippen LogP contribution in [0.2, 0.25) is 5.02 Å². The molecule has 2 amide bonds. The van der Waals surface area contributed by atoms with Crippen LogP contribution < -0.4 is 9.62 Å². The van der Waals surface area contributed by atoms with E-state index in [1.165, 1.54) is 4.90 Å². The molecule has 0 saturated carbocycles. The summed E-state index contributed by atoms with van der Waals surface area (Å²) in [6.07, 6.45) is -2.36. The highest BCUT2D eigenvalue weighted by atomic mass is 79.9. The fraction of sp³-hybridized carbons (Fsp3) is 0.333. The Morgan fingerprint density at radius 3 is 2.23 bits per heavy atom. The van der Waals surface area contributed by atoms with E-state index in [0.29, 0.717) is 28.9 Å². The van der Waals surface area contributed by atoms with Gasteiger partial charge < -0.3 is 10.2 Å². The highest BCUT2D eigenvalue weighted by Gasteiger charge is 2.35. The van der Waals surface area contributed by atoms with E-state index in [9.17, 15) is 31.2 Å². The number of halogens is 5. The second kappa shape index (κ2) is 15.1. The van der Waals surface area contributed by atoms with Crippen LogP contribution in [0.4, 0.5) is 18.9 Å². The van der Waals surface area contributed by atoms with Crippen molar-refractivity contribution in [1.82, 2.24) is 10.2 Å². The number of amides is 2. The lowest BCUT2D eigenvalue weighted by Crippen LogP contribution is -2.53. The van der Waals surface area contributed by atoms with Crippen LogP contribution in [0.1, 0.15) is 36.5 Å². The van der Waals surface area contributed by atoms with Crippen molar-refractivity contribution < 1.29 is 31.2 Å². The molecule has 0 aliphatic rings. The highest BCUT2D eigenvalue weighted by Crippen LogP contribution is 2.36. The number of nitrogens with one attached hydrogen (secondary N) is 1. The van der Waals surface area contributed by atoms with Crippen LogP contribution in [0.15, 0.2) is 77.3 Å². The van der Waals surface area contributed by atoms with Gasteiger partial charge in [0.25, 0.3) is 0 Å². The third-order valence-electron chi connectivity index (χ3n) is 6.59. The molecule has 1 N–H and O–H groups in total. The monoisotopic (exact) mass is 701 g/mol. The first kappa shape index (κ1) is 34.4. The number of sulfonamides is 1. The lowest BCUT2D eigenvalue weighted by Gasteiger charge is -2.33. The lowest BCUT2D eigenvalue weighted by molar-refractivity contribution is -0.140. The van der Waals surface area contributed by atoms with Crippen LogP contribution in [-0.4, -0.2) is 50.5 Å². The maximum absolute atomic E-state index is 14.1. The molecule has 7 nitrogen and oxygen atoms in total. The summed E-state index contributed by atoms with van der Waals surface area (Å²) in [5.74, 6) is -1.24. The fourth-order valence-electron chi connectivity index (χ4n) is 4.32. The summed E-state index contributed by atoms with van der Waals surface area (Å²) < 4.78 is 67.7. The Labute approximate surface area is 263 Å². The normalized spacial score (nSPS) is 12.4. The van der Waals surface area contributed by atoms with Gasteiger partial charge in [0, 0.05) is 24.0 Å². The summed E-state index contributed by atoms with van der Waals surface area (Å²) in [6.45, 7) is 1.38. The molecule has 0 aliphatic heterocycles. The standard InChI is InChI=1S/C30H32BrClF3N3O4S/c1-3-4-16-36-29(40)27(17-21-8-6-5-7-9-21)37(19-22-10-13-24(31)14-11-22)28(39)20-38(43(2,41)42)26-18-23(30(33,34)35)12-15-25(26)32/h5-15,18,27H,3-4,16-17,19-20H2,1-2H3,(H,36,40)/t27-/m1/s1. The molecule has 43 heavy (non-hydrogen) atoms. The summed E-state index contributed by atoms with van der Waals surface area (Å²) in [5, 5.41) is 2.58. The predicted molar refractivity (Wildman–Crippen MR) is 165 cm³/mol. The Kier molecular flexibility index (Phi) is 12.1. The highest BCUT2D eigenvalue weighted by molar-refractivity contribution is 9.10. The molecular formula is C30H32BrClF3N3O4S. The predicted octanol–water partition coefficient (Wildman–Crippen LogP) is 6.44. The SMILES string of the molecule is CCCCNC(=O)[C@@H](Cc1ccccc1)N(Cc1ccc(Br)cc1)C(=O)CN(c1cc(C(F)(F)F)ccc1Cl)S(C)(=O)=O. The molecule has 0 bridgehead atoms. The van der Waals surface area contributed by atoms with Crippen molar-refractivity contribution in [3.63, 3.8) is 0 Å². The Morgan fingerprint density at radius 2 is 1.65 bits per heavy atom. The summed E-state index contributed by atoms with van der Waals surface area (Å²) in [7, 11) is -4.30. The molecule has 232 valence electrons. The molecule has 0 aromatic heterocycles. The van der Waals surface area contributed by atoms with Gasteiger partial charge in [-0.15, -0.1) is 0 Å². The number of anilines is 1. The first-order valence-electron chi connectivity index (χ1n) is 13.4. The first-order valence-corrected chi connectivity index (χ1v) is 16.4. The first-order chi connectivity index (χ1) is 20.2. The van der Waals surface area contributed by atoms with Crippen molar-refractivity contribution in [3.05, 3.63) is 99.0 Å². The van der Waals surface area contributed by atoms with Gasteiger partial charge in [-0.25, -0.2) is 8.42 Å². The molecule has 0 unspecified atom stereocenters. The van der Waals surface area contributed by atoms with Gasteiger partial charge in [-0.3, -0.25) is 13.9 Å². The smallest absolute Gasteiger partial charge is 0.354 e. The molecule has 0 aliphatic carbocycles. The second-order valence-electron chi connectivity index (χ2n) is 9.93. The van der Waals surface area contributed by atoms with Gasteiger partial charge in [-0.2, -0.15) is 13.2 Å². The van der Waals surface area contributed by atoms with Crippen molar-refractivity contribution in [2.24, 2.45) is 0 Å². The summed E-state index contributed by atoms with van der Waals surface area (Å²) >= 11 is 9.55. The molecule has 3 aromatic rings. The van der Waals surface area contributed by atoms with E-state index < -0.39 is 51.9 Å². The van der Waals surface area contributed by atoms with Gasteiger partial charge in [0.15, 0.2) is 0 Å². The van der Waals surface area contributed by atoms with Crippen molar-refractivity contribution in [1.29, 1.82) is 0 Å². The van der Waals surface area contributed by atoms with Gasteiger partial charge in [-0.1, -0.05) is 83.3 Å². The molecule has 1 atom stereocenters. The van der Waals surface area contributed by atoms with E-state index in [2.05, 4.69) is 21.2 Å². The van der Waals surface area contributed by atoms with Crippen LogP contribution in [0.25, 0.3) is 0 Å². The number of benzene rings is 3. The molecular weight excluding hydrogens is 671 g/mol. The van der Waals surface area contributed by atoms with Gasteiger partial charge in [-0.05, 0) is 47.9 Å². The zero-order valence-electron chi connectivity index (χ0n) is 23.6. The maximum Gasteiger partial charge on any atom is 0.416 e. The van der Waals surface area contributed by atoms with Crippen molar-refractivity contribution in [2.75, 3.05) is 23.7 Å². The third kappa shape index (κ3) is 9.97. The van der Waals surface area contributed by atoms with E-state index in [-0.39, 0.29) is 18.0 Å². The largest absolute Gasteiger partial charge is 0.416 e. The summed E-state index contributed by atoms with van der Waals surface area (Å²) in [5.41, 5.74) is -0.216. The number of rotatable bonds is 13. The van der Waals surface area contributed by atoms with Crippen LogP contribution >= 0.6 is 27.5 Å². The third-order valence-corrected chi connectivity index (χ3v) is 8.56.